The van der Waals surface area contributed by atoms with E-state index in [1.807, 2.05) is 0 Å². The molecule has 7 nitrogen and oxygen atoms in total. The Bertz CT molecular complexity index is 628. The number of hydrogen-bond donors (Lipinski definition) is 4. The summed E-state index contributed by atoms with van der Waals surface area (Å²) in [6, 6.07) is 0. The molecule has 1 aliphatic heterocycles. The van der Waals surface area contributed by atoms with Gasteiger partial charge in [0.2, 0.25) is 0 Å². The van der Waals surface area contributed by atoms with Crippen LogP contribution in [0.25, 0.3) is 6.08 Å². The molecular formula is C11H13BrN2O5S. The van der Waals surface area contributed by atoms with E-state index in [1.165, 1.54) is 17.3 Å². The van der Waals surface area contributed by atoms with Gasteiger partial charge in [0.15, 0.2) is 0 Å². The maximum atomic E-state index is 11.8. The number of nitrogens with zero attached hydrogens (tertiary/aromatic N) is 1. The standard InChI is InChI=1S/C11H13BrN2O5S/c12-2-1-5-3-14(11(19)13-9(5)18)10-8(17)7(16)6(4-15)20-10/h1-3,6-8,10,15-17H,4H2,(H,13,18,19)/b2-1+/t6-,7-,8+,10+/m1/s1. The number of aromatic amines is 1. The molecule has 0 bridgehead atoms. The van der Waals surface area contributed by atoms with Crippen molar-refractivity contribution in [3.8, 4) is 0 Å². The molecule has 1 fully saturated rings. The number of aliphatic hydroxyl groups is 3. The fraction of sp³-hybridized carbons (Fsp3) is 0.455. The SMILES string of the molecule is O=c1[nH]c(=O)n([C@H]2S[C@H](CO)[C@@H](O)[C@@H]2O)cc1/C=C/Br. The first-order valence-corrected chi connectivity index (χ1v) is 7.60. The van der Waals surface area contributed by atoms with Gasteiger partial charge in [0.1, 0.15) is 11.5 Å². The van der Waals surface area contributed by atoms with Crippen molar-refractivity contribution in [1.29, 1.82) is 0 Å². The molecule has 1 aromatic heterocycles. The van der Waals surface area contributed by atoms with E-state index in [0.717, 1.165) is 16.3 Å². The summed E-state index contributed by atoms with van der Waals surface area (Å²) in [4.78, 5) is 27.0. The zero-order valence-corrected chi connectivity index (χ0v) is 12.5. The molecule has 0 aliphatic carbocycles. The van der Waals surface area contributed by atoms with Crippen molar-refractivity contribution in [3.05, 3.63) is 37.6 Å². The second kappa shape index (κ2) is 6.27. The summed E-state index contributed by atoms with van der Waals surface area (Å²) >= 11 is 4.12. The van der Waals surface area contributed by atoms with Gasteiger partial charge < -0.3 is 15.3 Å². The van der Waals surface area contributed by atoms with Gasteiger partial charge >= 0.3 is 5.69 Å². The normalized spacial score (nSPS) is 30.2. The van der Waals surface area contributed by atoms with E-state index < -0.39 is 34.1 Å². The Hall–Kier alpha value is -0.870. The molecule has 4 N–H and O–H groups in total. The Balaban J connectivity index is 2.46. The number of hydrogen-bond acceptors (Lipinski definition) is 6. The van der Waals surface area contributed by atoms with Gasteiger partial charge in [-0.15, -0.1) is 11.8 Å². The summed E-state index contributed by atoms with van der Waals surface area (Å²) in [6.45, 7) is -0.314. The highest BCUT2D eigenvalue weighted by molar-refractivity contribution is 9.11. The van der Waals surface area contributed by atoms with Gasteiger partial charge in [-0.2, -0.15) is 0 Å². The molecule has 0 radical (unpaired) electrons. The van der Waals surface area contributed by atoms with Crippen molar-refractivity contribution in [2.45, 2.75) is 22.8 Å². The molecule has 0 saturated carbocycles. The van der Waals surface area contributed by atoms with Crippen LogP contribution in [0.4, 0.5) is 0 Å². The summed E-state index contributed by atoms with van der Waals surface area (Å²) < 4.78 is 1.15. The zero-order valence-electron chi connectivity index (χ0n) is 10.1. The van der Waals surface area contributed by atoms with E-state index in [4.69, 9.17) is 5.11 Å². The molecule has 1 aromatic rings. The molecule has 1 saturated heterocycles. The molecule has 9 heteroatoms. The van der Waals surface area contributed by atoms with Gasteiger partial charge in [-0.1, -0.05) is 15.9 Å². The third-order valence-electron chi connectivity index (χ3n) is 3.03. The molecule has 20 heavy (non-hydrogen) atoms. The van der Waals surface area contributed by atoms with Gasteiger partial charge in [0, 0.05) is 6.20 Å². The lowest BCUT2D eigenvalue weighted by Gasteiger charge is -2.17. The number of aromatic nitrogens is 2. The Labute approximate surface area is 126 Å². The fourth-order valence-corrected chi connectivity index (χ4v) is 3.65. The van der Waals surface area contributed by atoms with Crippen molar-refractivity contribution in [2.75, 3.05) is 6.61 Å². The average Bonchev–Trinajstić information content (AvgIpc) is 2.70. The number of rotatable bonds is 3. The van der Waals surface area contributed by atoms with Crippen LogP contribution in [0.15, 0.2) is 20.8 Å². The highest BCUT2D eigenvalue weighted by Gasteiger charge is 2.43. The van der Waals surface area contributed by atoms with Crippen molar-refractivity contribution in [2.24, 2.45) is 0 Å². The van der Waals surface area contributed by atoms with E-state index in [1.54, 1.807) is 0 Å². The molecule has 1 aliphatic rings. The van der Waals surface area contributed by atoms with Crippen LogP contribution in [0, 0.1) is 0 Å². The number of thioether (sulfide) groups is 1. The Kier molecular flexibility index (Phi) is 4.86. The minimum atomic E-state index is -1.21. The predicted octanol–water partition coefficient (Wildman–Crippen LogP) is -0.770. The van der Waals surface area contributed by atoms with Gasteiger partial charge in [-0.05, 0) is 11.1 Å². The van der Waals surface area contributed by atoms with Gasteiger partial charge in [-0.25, -0.2) is 4.79 Å². The highest BCUT2D eigenvalue weighted by Crippen LogP contribution is 2.40. The first-order valence-electron chi connectivity index (χ1n) is 5.74. The minimum Gasteiger partial charge on any atom is -0.395 e. The lowest BCUT2D eigenvalue weighted by molar-refractivity contribution is 0.0101. The van der Waals surface area contributed by atoms with E-state index in [9.17, 15) is 19.8 Å². The summed E-state index contributed by atoms with van der Waals surface area (Å²) in [5.74, 6) is 0. The third kappa shape index (κ3) is 2.77. The Morgan fingerprint density at radius 1 is 1.40 bits per heavy atom. The van der Waals surface area contributed by atoms with Crippen LogP contribution in [0.1, 0.15) is 10.9 Å². The molecular weight excluding hydrogens is 352 g/mol. The summed E-state index contributed by atoms with van der Waals surface area (Å²) in [5.41, 5.74) is -0.987. The topological polar surface area (TPSA) is 116 Å². The fourth-order valence-electron chi connectivity index (χ4n) is 1.99. The molecule has 2 rings (SSSR count). The molecule has 4 atom stereocenters. The molecule has 0 aromatic carbocycles. The molecule has 0 spiro atoms. The van der Waals surface area contributed by atoms with Crippen molar-refractivity contribution in [3.63, 3.8) is 0 Å². The van der Waals surface area contributed by atoms with Crippen LogP contribution in [0.3, 0.4) is 0 Å². The van der Waals surface area contributed by atoms with E-state index in [-0.39, 0.29) is 12.2 Å². The molecule has 110 valence electrons. The predicted molar refractivity (Wildman–Crippen MR) is 78.8 cm³/mol. The lowest BCUT2D eigenvalue weighted by Crippen LogP contribution is -2.38. The second-order valence-electron chi connectivity index (χ2n) is 4.27. The average molecular weight is 365 g/mol. The quantitative estimate of drug-likeness (QED) is 0.559. The number of nitrogens with one attached hydrogen (secondary N) is 1. The first kappa shape index (κ1) is 15.5. The number of H-pyrrole nitrogens is 1. The van der Waals surface area contributed by atoms with E-state index in [0.29, 0.717) is 0 Å². The molecule has 0 amide bonds. The Morgan fingerprint density at radius 3 is 2.65 bits per heavy atom. The van der Waals surface area contributed by atoms with Crippen molar-refractivity contribution >= 4 is 33.8 Å². The highest BCUT2D eigenvalue weighted by atomic mass is 79.9. The van der Waals surface area contributed by atoms with Crippen molar-refractivity contribution in [1.82, 2.24) is 9.55 Å². The largest absolute Gasteiger partial charge is 0.395 e. The van der Waals surface area contributed by atoms with Gasteiger partial charge in [0.05, 0.1) is 23.5 Å². The van der Waals surface area contributed by atoms with Gasteiger partial charge in [0.25, 0.3) is 5.56 Å². The lowest BCUT2D eigenvalue weighted by atomic mass is 10.1. The van der Waals surface area contributed by atoms with Crippen LogP contribution in [-0.2, 0) is 0 Å². The number of aliphatic hydroxyl groups excluding tert-OH is 3. The van der Waals surface area contributed by atoms with Crippen LogP contribution < -0.4 is 11.2 Å². The molecule has 2 heterocycles. The van der Waals surface area contributed by atoms with Gasteiger partial charge in [-0.3, -0.25) is 14.3 Å². The smallest absolute Gasteiger partial charge is 0.329 e. The third-order valence-corrected chi connectivity index (χ3v) is 4.86. The molecule has 0 unspecified atom stereocenters. The first-order chi connectivity index (χ1) is 9.49. The van der Waals surface area contributed by atoms with Crippen molar-refractivity contribution < 1.29 is 15.3 Å². The van der Waals surface area contributed by atoms with Crippen LogP contribution >= 0.6 is 27.7 Å². The van der Waals surface area contributed by atoms with E-state index >= 15 is 0 Å². The second-order valence-corrected chi connectivity index (χ2v) is 6.16. The summed E-state index contributed by atoms with van der Waals surface area (Å²) in [5, 5.41) is 27.5. The number of halogens is 1. The summed E-state index contributed by atoms with van der Waals surface area (Å²) in [7, 11) is 0. The van der Waals surface area contributed by atoms with E-state index in [2.05, 4.69) is 20.9 Å². The maximum Gasteiger partial charge on any atom is 0.329 e. The maximum absolute atomic E-state index is 11.8. The Morgan fingerprint density at radius 2 is 2.10 bits per heavy atom. The summed E-state index contributed by atoms with van der Waals surface area (Å²) in [6.07, 6.45) is 0.429. The minimum absolute atomic E-state index is 0.233. The monoisotopic (exact) mass is 364 g/mol. The zero-order chi connectivity index (χ0) is 14.9. The van der Waals surface area contributed by atoms with Crippen LogP contribution in [0.2, 0.25) is 0 Å². The van der Waals surface area contributed by atoms with Crippen LogP contribution in [0.5, 0.6) is 0 Å². The van der Waals surface area contributed by atoms with Crippen LogP contribution in [-0.4, -0.2) is 48.9 Å².